The Labute approximate surface area is 112 Å². The molecule has 0 saturated carbocycles. The van der Waals surface area contributed by atoms with Crippen molar-refractivity contribution in [3.05, 3.63) is 22.4 Å². The third kappa shape index (κ3) is 2.75. The quantitative estimate of drug-likeness (QED) is 0.772. The van der Waals surface area contributed by atoms with Gasteiger partial charge in [-0.1, -0.05) is 6.07 Å². The Kier molecular flexibility index (Phi) is 3.78. The molecule has 100 valence electrons. The summed E-state index contributed by atoms with van der Waals surface area (Å²) >= 11 is 1.65. The lowest BCUT2D eigenvalue weighted by Crippen LogP contribution is -2.40. The zero-order valence-corrected chi connectivity index (χ0v) is 12.0. The van der Waals surface area contributed by atoms with Gasteiger partial charge in [0, 0.05) is 17.7 Å². The summed E-state index contributed by atoms with van der Waals surface area (Å²) in [6.45, 7) is 6.95. The van der Waals surface area contributed by atoms with E-state index in [2.05, 4.69) is 0 Å². The van der Waals surface area contributed by atoms with Crippen LogP contribution in [0.1, 0.15) is 38.5 Å². The molecule has 0 radical (unpaired) electrons. The van der Waals surface area contributed by atoms with Gasteiger partial charge in [-0.3, -0.25) is 4.79 Å². The van der Waals surface area contributed by atoms with Crippen LogP contribution in [0.15, 0.2) is 17.5 Å². The summed E-state index contributed by atoms with van der Waals surface area (Å²) < 4.78 is 11.3. The van der Waals surface area contributed by atoms with Crippen molar-refractivity contribution in [1.82, 2.24) is 0 Å². The molecule has 1 fully saturated rings. The summed E-state index contributed by atoms with van der Waals surface area (Å²) in [6, 6.07) is 4.05. The first-order valence-corrected chi connectivity index (χ1v) is 7.17. The molecular weight excluding hydrogens is 248 g/mol. The molecule has 1 aliphatic heterocycles. The first kappa shape index (κ1) is 13.6. The molecule has 0 spiro atoms. The van der Waals surface area contributed by atoms with Gasteiger partial charge in [-0.25, -0.2) is 0 Å². The van der Waals surface area contributed by atoms with Crippen molar-refractivity contribution in [1.29, 1.82) is 0 Å². The lowest BCUT2D eigenvalue weighted by atomic mass is 9.90. The number of thiophene rings is 1. The standard InChI is InChI=1S/C14H20O3S/c1-13(2,3)12(15)17-14(6-8-16-9-7-14)11-5-4-10-18-11/h4-5,10H,6-9H2,1-3H3. The average Bonchev–Trinajstić information content (AvgIpc) is 2.83. The minimum absolute atomic E-state index is 0.141. The SMILES string of the molecule is CC(C)(C)C(=O)OC1(c2cccs2)CCOCC1. The minimum Gasteiger partial charge on any atom is -0.453 e. The fourth-order valence-corrected chi connectivity index (χ4v) is 2.89. The summed E-state index contributed by atoms with van der Waals surface area (Å²) in [5.74, 6) is -0.141. The molecule has 0 amide bonds. The van der Waals surface area contributed by atoms with Gasteiger partial charge in [0.25, 0.3) is 0 Å². The molecule has 18 heavy (non-hydrogen) atoms. The van der Waals surface area contributed by atoms with Crippen LogP contribution in [-0.4, -0.2) is 19.2 Å². The number of carbonyl (C=O) groups is 1. The number of carbonyl (C=O) groups excluding carboxylic acids is 1. The normalized spacial score (nSPS) is 19.5. The molecule has 3 nitrogen and oxygen atoms in total. The predicted octanol–water partition coefficient (Wildman–Crippen LogP) is 3.34. The van der Waals surface area contributed by atoms with Crippen LogP contribution < -0.4 is 0 Å². The highest BCUT2D eigenvalue weighted by atomic mass is 32.1. The Bertz CT molecular complexity index is 397. The average molecular weight is 268 g/mol. The van der Waals surface area contributed by atoms with E-state index in [9.17, 15) is 4.79 Å². The topological polar surface area (TPSA) is 35.5 Å². The molecule has 1 aromatic heterocycles. The van der Waals surface area contributed by atoms with Gasteiger partial charge in [0.2, 0.25) is 0 Å². The van der Waals surface area contributed by atoms with Crippen LogP contribution >= 0.6 is 11.3 Å². The van der Waals surface area contributed by atoms with Crippen LogP contribution in [0, 0.1) is 5.41 Å². The smallest absolute Gasteiger partial charge is 0.312 e. The van der Waals surface area contributed by atoms with Gasteiger partial charge in [-0.2, -0.15) is 0 Å². The zero-order valence-electron chi connectivity index (χ0n) is 11.2. The second-order valence-electron chi connectivity index (χ2n) is 5.72. The fourth-order valence-electron chi connectivity index (χ4n) is 1.97. The largest absolute Gasteiger partial charge is 0.453 e. The third-order valence-corrected chi connectivity index (χ3v) is 4.23. The van der Waals surface area contributed by atoms with Crippen molar-refractivity contribution in [2.45, 2.75) is 39.2 Å². The van der Waals surface area contributed by atoms with Crippen molar-refractivity contribution >= 4 is 17.3 Å². The monoisotopic (exact) mass is 268 g/mol. The molecule has 0 bridgehead atoms. The Morgan fingerprint density at radius 2 is 2.06 bits per heavy atom. The van der Waals surface area contributed by atoms with E-state index in [1.54, 1.807) is 11.3 Å². The highest BCUT2D eigenvalue weighted by molar-refractivity contribution is 7.10. The highest BCUT2D eigenvalue weighted by Crippen LogP contribution is 2.40. The molecule has 0 unspecified atom stereocenters. The molecule has 0 N–H and O–H groups in total. The molecule has 0 atom stereocenters. The van der Waals surface area contributed by atoms with Crippen molar-refractivity contribution in [3.63, 3.8) is 0 Å². The van der Waals surface area contributed by atoms with Crippen LogP contribution in [-0.2, 0) is 19.9 Å². The molecule has 4 heteroatoms. The van der Waals surface area contributed by atoms with Crippen LogP contribution in [0.4, 0.5) is 0 Å². The lowest BCUT2D eigenvalue weighted by Gasteiger charge is -2.37. The molecule has 2 rings (SSSR count). The number of ether oxygens (including phenoxy) is 2. The summed E-state index contributed by atoms with van der Waals surface area (Å²) in [4.78, 5) is 13.3. The Balaban J connectivity index is 2.23. The van der Waals surface area contributed by atoms with Gasteiger partial charge >= 0.3 is 5.97 Å². The Morgan fingerprint density at radius 1 is 1.39 bits per heavy atom. The maximum absolute atomic E-state index is 12.2. The van der Waals surface area contributed by atoms with Gasteiger partial charge in [0.1, 0.15) is 0 Å². The molecular formula is C14H20O3S. The first-order valence-electron chi connectivity index (χ1n) is 6.29. The second-order valence-corrected chi connectivity index (χ2v) is 6.67. The molecule has 1 aromatic rings. The summed E-state index contributed by atoms with van der Waals surface area (Å²) in [6.07, 6.45) is 1.49. The highest BCUT2D eigenvalue weighted by Gasteiger charge is 2.41. The minimum atomic E-state index is -0.475. The second kappa shape index (κ2) is 5.02. The number of rotatable bonds is 2. The van der Waals surface area contributed by atoms with E-state index in [0.29, 0.717) is 13.2 Å². The van der Waals surface area contributed by atoms with Crippen molar-refractivity contribution < 1.29 is 14.3 Å². The Hall–Kier alpha value is -0.870. The number of esters is 1. The van der Waals surface area contributed by atoms with Crippen LogP contribution in [0.5, 0.6) is 0 Å². The van der Waals surface area contributed by atoms with Crippen molar-refractivity contribution in [2.24, 2.45) is 5.41 Å². The molecule has 0 aromatic carbocycles. The van der Waals surface area contributed by atoms with E-state index in [1.807, 2.05) is 38.3 Å². The van der Waals surface area contributed by atoms with E-state index in [-0.39, 0.29) is 5.97 Å². The van der Waals surface area contributed by atoms with Gasteiger partial charge in [-0.05, 0) is 32.2 Å². The maximum atomic E-state index is 12.2. The maximum Gasteiger partial charge on any atom is 0.312 e. The van der Waals surface area contributed by atoms with E-state index < -0.39 is 11.0 Å². The summed E-state index contributed by atoms with van der Waals surface area (Å²) in [5, 5.41) is 2.03. The fraction of sp³-hybridized carbons (Fsp3) is 0.643. The molecule has 2 heterocycles. The summed E-state index contributed by atoms with van der Waals surface area (Å²) in [5.41, 5.74) is -0.945. The van der Waals surface area contributed by atoms with Crippen LogP contribution in [0.2, 0.25) is 0 Å². The molecule has 1 aliphatic rings. The van der Waals surface area contributed by atoms with Gasteiger partial charge in [0.05, 0.1) is 18.6 Å². The van der Waals surface area contributed by atoms with Gasteiger partial charge in [0.15, 0.2) is 5.60 Å². The Morgan fingerprint density at radius 3 is 2.56 bits per heavy atom. The number of hydrogen-bond acceptors (Lipinski definition) is 4. The van der Waals surface area contributed by atoms with Crippen molar-refractivity contribution in [2.75, 3.05) is 13.2 Å². The van der Waals surface area contributed by atoms with E-state index >= 15 is 0 Å². The van der Waals surface area contributed by atoms with Crippen molar-refractivity contribution in [3.8, 4) is 0 Å². The lowest BCUT2D eigenvalue weighted by molar-refractivity contribution is -0.180. The van der Waals surface area contributed by atoms with E-state index in [4.69, 9.17) is 9.47 Å². The predicted molar refractivity (Wildman–Crippen MR) is 71.6 cm³/mol. The molecule has 0 aliphatic carbocycles. The first-order chi connectivity index (χ1) is 8.44. The zero-order chi connectivity index (χ0) is 13.2. The van der Waals surface area contributed by atoms with Crippen LogP contribution in [0.25, 0.3) is 0 Å². The van der Waals surface area contributed by atoms with E-state index in [0.717, 1.165) is 17.7 Å². The third-order valence-electron chi connectivity index (χ3n) is 3.17. The van der Waals surface area contributed by atoms with Gasteiger partial charge < -0.3 is 9.47 Å². The summed E-state index contributed by atoms with van der Waals surface area (Å²) in [7, 11) is 0. The number of hydrogen-bond donors (Lipinski definition) is 0. The van der Waals surface area contributed by atoms with E-state index in [1.165, 1.54) is 0 Å². The van der Waals surface area contributed by atoms with Crippen LogP contribution in [0.3, 0.4) is 0 Å². The van der Waals surface area contributed by atoms with Gasteiger partial charge in [-0.15, -0.1) is 11.3 Å². The molecule has 1 saturated heterocycles.